The third kappa shape index (κ3) is 3.60. The van der Waals surface area contributed by atoms with Crippen LogP contribution in [0.2, 0.25) is 0 Å². The number of amides is 1. The predicted molar refractivity (Wildman–Crippen MR) is 68.1 cm³/mol. The Morgan fingerprint density at radius 1 is 1.39 bits per heavy atom. The van der Waals surface area contributed by atoms with Crippen LogP contribution in [0.3, 0.4) is 0 Å². The van der Waals surface area contributed by atoms with Crippen LogP contribution in [0.25, 0.3) is 0 Å². The molecule has 0 aromatic heterocycles. The van der Waals surface area contributed by atoms with Crippen molar-refractivity contribution >= 4 is 6.09 Å². The second-order valence-corrected chi connectivity index (χ2v) is 4.21. The van der Waals surface area contributed by atoms with Gasteiger partial charge in [-0.1, -0.05) is 42.5 Å². The molecule has 18 heavy (non-hydrogen) atoms. The Morgan fingerprint density at radius 2 is 2.17 bits per heavy atom. The summed E-state index contributed by atoms with van der Waals surface area (Å²) in [7, 11) is 0. The largest absolute Gasteiger partial charge is 0.444 e. The average Bonchev–Trinajstić information content (AvgIpc) is 2.69. The van der Waals surface area contributed by atoms with Crippen molar-refractivity contribution < 1.29 is 14.3 Å². The van der Waals surface area contributed by atoms with E-state index in [-0.39, 0.29) is 18.2 Å². The summed E-state index contributed by atoms with van der Waals surface area (Å²) in [4.78, 5) is 10.9. The molecule has 0 saturated carbocycles. The molecule has 0 spiro atoms. The standard InChI is InChI=1S/C14H17NO3/c1-11-13(15-14(16)18-11)8-5-9-17-10-12-6-3-2-4-7-12/h2-8,11,13H,9-10H2,1H3,(H,15,16)/b8-5+/t11-,13-/m0/s1. The fourth-order valence-electron chi connectivity index (χ4n) is 1.76. The summed E-state index contributed by atoms with van der Waals surface area (Å²) < 4.78 is 10.5. The highest BCUT2D eigenvalue weighted by molar-refractivity contribution is 5.70. The van der Waals surface area contributed by atoms with Gasteiger partial charge in [-0.05, 0) is 12.5 Å². The van der Waals surface area contributed by atoms with E-state index >= 15 is 0 Å². The Kier molecular flexibility index (Phi) is 4.36. The molecule has 1 aliphatic rings. The van der Waals surface area contributed by atoms with Gasteiger partial charge < -0.3 is 14.8 Å². The molecule has 2 rings (SSSR count). The normalized spacial score (nSPS) is 23.1. The van der Waals surface area contributed by atoms with Crippen molar-refractivity contribution in [3.05, 3.63) is 48.0 Å². The topological polar surface area (TPSA) is 47.6 Å². The minimum atomic E-state index is -0.359. The highest BCUT2D eigenvalue weighted by atomic mass is 16.6. The lowest BCUT2D eigenvalue weighted by molar-refractivity contribution is 0.143. The molecular formula is C14H17NO3. The number of cyclic esters (lactones) is 1. The number of ether oxygens (including phenoxy) is 2. The van der Waals surface area contributed by atoms with Crippen molar-refractivity contribution in [2.45, 2.75) is 25.7 Å². The van der Waals surface area contributed by atoms with Gasteiger partial charge in [-0.2, -0.15) is 0 Å². The van der Waals surface area contributed by atoms with E-state index < -0.39 is 0 Å². The lowest BCUT2D eigenvalue weighted by Gasteiger charge is -2.06. The molecule has 4 heteroatoms. The van der Waals surface area contributed by atoms with Crippen LogP contribution in [0.15, 0.2) is 42.5 Å². The van der Waals surface area contributed by atoms with Crippen LogP contribution in [0.1, 0.15) is 12.5 Å². The van der Waals surface area contributed by atoms with Crippen LogP contribution in [0.5, 0.6) is 0 Å². The molecular weight excluding hydrogens is 230 g/mol. The molecule has 0 radical (unpaired) electrons. The number of alkyl carbamates (subject to hydrolysis) is 1. The molecule has 1 fully saturated rings. The van der Waals surface area contributed by atoms with Gasteiger partial charge in [-0.3, -0.25) is 0 Å². The SMILES string of the molecule is C[C@@H]1OC(=O)N[C@H]1/C=C/COCc1ccccc1. The minimum Gasteiger partial charge on any atom is -0.444 e. The molecule has 1 saturated heterocycles. The summed E-state index contributed by atoms with van der Waals surface area (Å²) in [5.41, 5.74) is 1.15. The Morgan fingerprint density at radius 3 is 2.83 bits per heavy atom. The number of carbonyl (C=O) groups excluding carboxylic acids is 1. The number of hydrogen-bond donors (Lipinski definition) is 1. The summed E-state index contributed by atoms with van der Waals surface area (Å²) in [6.45, 7) is 2.97. The minimum absolute atomic E-state index is 0.0576. The van der Waals surface area contributed by atoms with E-state index in [0.717, 1.165) is 5.56 Å². The molecule has 1 aromatic rings. The first-order chi connectivity index (χ1) is 8.75. The molecule has 1 amide bonds. The molecule has 2 atom stereocenters. The van der Waals surface area contributed by atoms with Crippen LogP contribution in [-0.4, -0.2) is 24.8 Å². The predicted octanol–water partition coefficient (Wildman–Crippen LogP) is 2.26. The van der Waals surface area contributed by atoms with Gasteiger partial charge in [0.2, 0.25) is 0 Å². The van der Waals surface area contributed by atoms with Gasteiger partial charge in [0, 0.05) is 0 Å². The molecule has 0 aliphatic carbocycles. The zero-order valence-corrected chi connectivity index (χ0v) is 10.3. The van der Waals surface area contributed by atoms with Crippen molar-refractivity contribution in [1.82, 2.24) is 5.32 Å². The summed E-state index contributed by atoms with van der Waals surface area (Å²) >= 11 is 0. The number of benzene rings is 1. The monoisotopic (exact) mass is 247 g/mol. The molecule has 4 nitrogen and oxygen atoms in total. The summed E-state index contributed by atoms with van der Waals surface area (Å²) in [5.74, 6) is 0. The second kappa shape index (κ2) is 6.21. The quantitative estimate of drug-likeness (QED) is 0.641. The maximum Gasteiger partial charge on any atom is 0.408 e. The number of carbonyl (C=O) groups is 1. The van der Waals surface area contributed by atoms with Crippen molar-refractivity contribution in [3.63, 3.8) is 0 Å². The lowest BCUT2D eigenvalue weighted by Crippen LogP contribution is -2.27. The van der Waals surface area contributed by atoms with Crippen molar-refractivity contribution in [3.8, 4) is 0 Å². The summed E-state index contributed by atoms with van der Waals surface area (Å²) in [6.07, 6.45) is 3.32. The number of hydrogen-bond acceptors (Lipinski definition) is 3. The fourth-order valence-corrected chi connectivity index (χ4v) is 1.76. The zero-order chi connectivity index (χ0) is 12.8. The lowest BCUT2D eigenvalue weighted by atomic mass is 10.2. The molecule has 0 bridgehead atoms. The molecule has 1 heterocycles. The van der Waals surface area contributed by atoms with E-state index in [9.17, 15) is 4.79 Å². The van der Waals surface area contributed by atoms with Gasteiger partial charge in [0.25, 0.3) is 0 Å². The van der Waals surface area contributed by atoms with Crippen molar-refractivity contribution in [2.75, 3.05) is 6.61 Å². The third-order valence-corrected chi connectivity index (χ3v) is 2.75. The Labute approximate surface area is 107 Å². The Balaban J connectivity index is 1.68. The molecule has 0 unspecified atom stereocenters. The maximum absolute atomic E-state index is 10.9. The first-order valence-electron chi connectivity index (χ1n) is 6.01. The van der Waals surface area contributed by atoms with Crippen molar-refractivity contribution in [1.29, 1.82) is 0 Å². The number of nitrogens with one attached hydrogen (secondary N) is 1. The highest BCUT2D eigenvalue weighted by Gasteiger charge is 2.27. The van der Waals surface area contributed by atoms with Crippen LogP contribution in [-0.2, 0) is 16.1 Å². The first kappa shape index (κ1) is 12.6. The van der Waals surface area contributed by atoms with E-state index in [1.54, 1.807) is 0 Å². The van der Waals surface area contributed by atoms with Gasteiger partial charge >= 0.3 is 6.09 Å². The van der Waals surface area contributed by atoms with E-state index in [1.807, 2.05) is 49.4 Å². The smallest absolute Gasteiger partial charge is 0.408 e. The number of rotatable bonds is 5. The third-order valence-electron chi connectivity index (χ3n) is 2.75. The molecule has 96 valence electrons. The average molecular weight is 247 g/mol. The van der Waals surface area contributed by atoms with Gasteiger partial charge in [0.05, 0.1) is 19.3 Å². The second-order valence-electron chi connectivity index (χ2n) is 4.21. The maximum atomic E-state index is 10.9. The first-order valence-corrected chi connectivity index (χ1v) is 6.01. The van der Waals surface area contributed by atoms with Crippen LogP contribution in [0.4, 0.5) is 4.79 Å². The van der Waals surface area contributed by atoms with E-state index in [2.05, 4.69) is 5.32 Å². The van der Waals surface area contributed by atoms with E-state index in [1.165, 1.54) is 0 Å². The van der Waals surface area contributed by atoms with Crippen LogP contribution >= 0.6 is 0 Å². The Bertz CT molecular complexity index is 416. The van der Waals surface area contributed by atoms with Gasteiger partial charge in [0.1, 0.15) is 6.10 Å². The fraction of sp³-hybridized carbons (Fsp3) is 0.357. The van der Waals surface area contributed by atoms with Gasteiger partial charge in [-0.25, -0.2) is 4.79 Å². The molecule has 1 aliphatic heterocycles. The molecule has 1 N–H and O–H groups in total. The molecule has 1 aromatic carbocycles. The summed E-state index contributed by atoms with van der Waals surface area (Å²) in [6, 6.07) is 9.95. The summed E-state index contributed by atoms with van der Waals surface area (Å²) in [5, 5.41) is 2.71. The van der Waals surface area contributed by atoms with Gasteiger partial charge in [0.15, 0.2) is 0 Å². The van der Waals surface area contributed by atoms with Gasteiger partial charge in [-0.15, -0.1) is 0 Å². The zero-order valence-electron chi connectivity index (χ0n) is 10.3. The van der Waals surface area contributed by atoms with Crippen molar-refractivity contribution in [2.24, 2.45) is 0 Å². The van der Waals surface area contributed by atoms with Crippen LogP contribution < -0.4 is 5.32 Å². The van der Waals surface area contributed by atoms with E-state index in [0.29, 0.717) is 13.2 Å². The Hall–Kier alpha value is -1.81. The van der Waals surface area contributed by atoms with E-state index in [4.69, 9.17) is 9.47 Å². The van der Waals surface area contributed by atoms with Crippen LogP contribution in [0, 0.1) is 0 Å². The highest BCUT2D eigenvalue weighted by Crippen LogP contribution is 2.08.